The Hall–Kier alpha value is -1.12. The number of hydrogen-bond donors (Lipinski definition) is 1. The molecule has 0 bridgehead atoms. The molecular formula is C24H36O3. The monoisotopic (exact) mass is 372 g/mol. The van der Waals surface area contributed by atoms with E-state index in [1.54, 1.807) is 0 Å². The minimum Gasteiger partial charge on any atom is -0.481 e. The standard InChI is InChI=1S/C24H36O3/c1-15(4-9-22(26)27)19-7-8-20-18-6-5-16-14-17(25)10-12-23(16,2)21(18)11-13-24(19,20)3/h11,13,15-16,18-21H,4-10,12,14H2,1-3H3,(H,26,27)/t15-,16+,18+,19-,20+,21-,23-,24-/m0/s1. The van der Waals surface area contributed by atoms with Crippen LogP contribution < -0.4 is 0 Å². The average Bonchev–Trinajstić information content (AvgIpc) is 2.97. The van der Waals surface area contributed by atoms with Gasteiger partial charge < -0.3 is 5.11 Å². The summed E-state index contributed by atoms with van der Waals surface area (Å²) in [6, 6.07) is 0. The molecular weight excluding hydrogens is 336 g/mol. The predicted octanol–water partition coefficient (Wildman–Crippen LogP) is 5.49. The first-order valence-corrected chi connectivity index (χ1v) is 11.2. The van der Waals surface area contributed by atoms with E-state index in [1.807, 2.05) is 0 Å². The summed E-state index contributed by atoms with van der Waals surface area (Å²) in [6.07, 6.45) is 13.9. The quantitative estimate of drug-likeness (QED) is 0.664. The van der Waals surface area contributed by atoms with E-state index in [9.17, 15) is 9.59 Å². The van der Waals surface area contributed by atoms with Crippen LogP contribution >= 0.6 is 0 Å². The summed E-state index contributed by atoms with van der Waals surface area (Å²) in [5.41, 5.74) is 0.536. The SMILES string of the molecule is C[C@@H](CCC(=O)O)[C@@H]1CC[C@@H]2[C@H]3CC[C@@H]4CC(=O)CC[C@]4(C)[C@H]3C=C[C@]21C. The number of fused-ring (bicyclic) bond motifs is 5. The van der Waals surface area contributed by atoms with E-state index in [-0.39, 0.29) is 5.41 Å². The van der Waals surface area contributed by atoms with Crippen LogP contribution in [0.15, 0.2) is 12.2 Å². The Bertz CT molecular complexity index is 652. The molecule has 3 saturated carbocycles. The fourth-order valence-electron chi connectivity index (χ4n) is 7.91. The Balaban J connectivity index is 1.57. The van der Waals surface area contributed by atoms with Gasteiger partial charge in [-0.3, -0.25) is 9.59 Å². The molecule has 1 N–H and O–H groups in total. The number of ketones is 1. The molecule has 0 radical (unpaired) electrons. The maximum Gasteiger partial charge on any atom is 0.303 e. The number of carboxylic acid groups (broad SMARTS) is 1. The van der Waals surface area contributed by atoms with Crippen LogP contribution in [0.1, 0.15) is 78.6 Å². The zero-order valence-electron chi connectivity index (χ0n) is 17.2. The topological polar surface area (TPSA) is 54.4 Å². The van der Waals surface area contributed by atoms with Crippen LogP contribution in [0.5, 0.6) is 0 Å². The maximum atomic E-state index is 12.0. The molecule has 0 aliphatic heterocycles. The third-order valence-corrected chi connectivity index (χ3v) is 9.49. The van der Waals surface area contributed by atoms with E-state index in [4.69, 9.17) is 5.11 Å². The molecule has 4 rings (SSSR count). The smallest absolute Gasteiger partial charge is 0.303 e. The average molecular weight is 373 g/mol. The highest BCUT2D eigenvalue weighted by Gasteiger charge is 2.58. The van der Waals surface area contributed by atoms with Crippen molar-refractivity contribution in [3.05, 3.63) is 12.2 Å². The number of rotatable bonds is 4. The first-order chi connectivity index (χ1) is 12.8. The number of Topliss-reactive ketones (excluding diaryl/α,β-unsaturated/α-hetero) is 1. The van der Waals surface area contributed by atoms with Crippen molar-refractivity contribution in [1.82, 2.24) is 0 Å². The van der Waals surface area contributed by atoms with Crippen LogP contribution in [0.3, 0.4) is 0 Å². The van der Waals surface area contributed by atoms with Gasteiger partial charge >= 0.3 is 5.97 Å². The summed E-state index contributed by atoms with van der Waals surface area (Å²) < 4.78 is 0. The molecule has 3 fully saturated rings. The molecule has 0 aromatic rings. The zero-order chi connectivity index (χ0) is 19.4. The Morgan fingerprint density at radius 2 is 2.04 bits per heavy atom. The summed E-state index contributed by atoms with van der Waals surface area (Å²) in [5.74, 6) is 3.60. The lowest BCUT2D eigenvalue weighted by Crippen LogP contribution is -2.51. The lowest BCUT2D eigenvalue weighted by Gasteiger charge is -2.58. The van der Waals surface area contributed by atoms with Gasteiger partial charge in [0.2, 0.25) is 0 Å². The first-order valence-electron chi connectivity index (χ1n) is 11.2. The number of aliphatic carboxylic acids is 1. The van der Waals surface area contributed by atoms with Gasteiger partial charge in [0.1, 0.15) is 5.78 Å². The second kappa shape index (κ2) is 6.74. The van der Waals surface area contributed by atoms with Crippen LogP contribution in [0.2, 0.25) is 0 Å². The minimum absolute atomic E-state index is 0.229. The molecule has 3 nitrogen and oxygen atoms in total. The van der Waals surface area contributed by atoms with Crippen molar-refractivity contribution in [2.75, 3.05) is 0 Å². The van der Waals surface area contributed by atoms with E-state index in [2.05, 4.69) is 32.9 Å². The third kappa shape index (κ3) is 3.00. The molecule has 4 aliphatic rings. The maximum absolute atomic E-state index is 12.0. The summed E-state index contributed by atoms with van der Waals surface area (Å²) in [6.45, 7) is 7.19. The fraction of sp³-hybridized carbons (Fsp3) is 0.833. The van der Waals surface area contributed by atoms with E-state index >= 15 is 0 Å². The van der Waals surface area contributed by atoms with E-state index in [0.29, 0.717) is 41.3 Å². The lowest BCUT2D eigenvalue weighted by atomic mass is 9.46. The van der Waals surface area contributed by atoms with Gasteiger partial charge in [0.05, 0.1) is 0 Å². The summed E-state index contributed by atoms with van der Waals surface area (Å²) in [4.78, 5) is 23.0. The van der Waals surface area contributed by atoms with Gasteiger partial charge in [0.25, 0.3) is 0 Å². The number of hydrogen-bond acceptors (Lipinski definition) is 2. The van der Waals surface area contributed by atoms with Crippen LogP contribution in [0.25, 0.3) is 0 Å². The highest BCUT2D eigenvalue weighted by Crippen LogP contribution is 2.65. The van der Waals surface area contributed by atoms with Crippen molar-refractivity contribution in [3.8, 4) is 0 Å². The van der Waals surface area contributed by atoms with Crippen molar-refractivity contribution in [3.63, 3.8) is 0 Å². The van der Waals surface area contributed by atoms with Gasteiger partial charge in [-0.1, -0.05) is 32.9 Å². The molecule has 0 aromatic carbocycles. The Morgan fingerprint density at radius 3 is 2.78 bits per heavy atom. The normalized spacial score (nSPS) is 47.1. The van der Waals surface area contributed by atoms with Gasteiger partial charge in [0, 0.05) is 19.3 Å². The number of carbonyl (C=O) groups excluding carboxylic acids is 1. The fourth-order valence-corrected chi connectivity index (χ4v) is 7.91. The van der Waals surface area contributed by atoms with E-state index < -0.39 is 5.97 Å². The molecule has 0 amide bonds. The van der Waals surface area contributed by atoms with Gasteiger partial charge in [-0.2, -0.15) is 0 Å². The summed E-state index contributed by atoms with van der Waals surface area (Å²) >= 11 is 0. The number of carbonyl (C=O) groups is 2. The predicted molar refractivity (Wildman–Crippen MR) is 106 cm³/mol. The van der Waals surface area contributed by atoms with Gasteiger partial charge in [-0.05, 0) is 84.9 Å². The second-order valence-corrected chi connectivity index (χ2v) is 10.6. The highest BCUT2D eigenvalue weighted by molar-refractivity contribution is 5.79. The summed E-state index contributed by atoms with van der Waals surface area (Å²) in [7, 11) is 0. The molecule has 3 heteroatoms. The highest BCUT2D eigenvalue weighted by atomic mass is 16.4. The molecule has 0 heterocycles. The van der Waals surface area contributed by atoms with Crippen molar-refractivity contribution in [2.45, 2.75) is 78.6 Å². The molecule has 8 atom stereocenters. The van der Waals surface area contributed by atoms with Crippen molar-refractivity contribution in [1.29, 1.82) is 0 Å². The van der Waals surface area contributed by atoms with E-state index in [0.717, 1.165) is 37.5 Å². The first kappa shape index (κ1) is 19.2. The zero-order valence-corrected chi connectivity index (χ0v) is 17.2. The van der Waals surface area contributed by atoms with Crippen molar-refractivity contribution >= 4 is 11.8 Å². The molecule has 0 saturated heterocycles. The van der Waals surface area contributed by atoms with Crippen LogP contribution in [-0.4, -0.2) is 16.9 Å². The number of allylic oxidation sites excluding steroid dienone is 2. The van der Waals surface area contributed by atoms with Crippen LogP contribution in [-0.2, 0) is 9.59 Å². The molecule has 27 heavy (non-hydrogen) atoms. The van der Waals surface area contributed by atoms with Crippen molar-refractivity contribution in [2.24, 2.45) is 46.3 Å². The largest absolute Gasteiger partial charge is 0.481 e. The van der Waals surface area contributed by atoms with Gasteiger partial charge in [-0.15, -0.1) is 0 Å². The molecule has 0 aromatic heterocycles. The van der Waals surface area contributed by atoms with Crippen LogP contribution in [0.4, 0.5) is 0 Å². The lowest BCUT2D eigenvalue weighted by molar-refractivity contribution is -0.137. The Labute approximate surface area is 164 Å². The van der Waals surface area contributed by atoms with Gasteiger partial charge in [-0.25, -0.2) is 0 Å². The molecule has 0 unspecified atom stereocenters. The van der Waals surface area contributed by atoms with Crippen LogP contribution in [0, 0.1) is 46.3 Å². The Kier molecular flexibility index (Phi) is 4.79. The number of carboxylic acids is 1. The summed E-state index contributed by atoms with van der Waals surface area (Å²) in [5, 5.41) is 9.08. The third-order valence-electron chi connectivity index (χ3n) is 9.49. The molecule has 0 spiro atoms. The second-order valence-electron chi connectivity index (χ2n) is 10.6. The van der Waals surface area contributed by atoms with E-state index in [1.165, 1.54) is 25.7 Å². The van der Waals surface area contributed by atoms with Crippen molar-refractivity contribution < 1.29 is 14.7 Å². The Morgan fingerprint density at radius 1 is 1.26 bits per heavy atom. The van der Waals surface area contributed by atoms with Gasteiger partial charge in [0.15, 0.2) is 0 Å². The molecule has 150 valence electrons. The molecule has 4 aliphatic carbocycles. The minimum atomic E-state index is -0.668.